The first-order valence-corrected chi connectivity index (χ1v) is 7.33. The van der Waals surface area contributed by atoms with Gasteiger partial charge in [0.15, 0.2) is 5.82 Å². The van der Waals surface area contributed by atoms with Crippen LogP contribution in [0.15, 0.2) is 36.7 Å². The molecule has 0 aliphatic heterocycles. The minimum absolute atomic E-state index is 0.291. The van der Waals surface area contributed by atoms with Crippen LogP contribution in [0.3, 0.4) is 0 Å². The third-order valence-corrected chi connectivity index (χ3v) is 3.29. The number of rotatable bonds is 4. The van der Waals surface area contributed by atoms with Crippen molar-refractivity contribution in [2.45, 2.75) is 6.92 Å². The van der Waals surface area contributed by atoms with Crippen molar-refractivity contribution >= 4 is 17.7 Å². The molecule has 1 amide bonds. The second-order valence-corrected chi connectivity index (χ2v) is 5.45. The number of aromatic amines is 1. The summed E-state index contributed by atoms with van der Waals surface area (Å²) in [5, 5.41) is 9.73. The van der Waals surface area contributed by atoms with Gasteiger partial charge in [-0.3, -0.25) is 14.9 Å². The van der Waals surface area contributed by atoms with Gasteiger partial charge in [0, 0.05) is 43.8 Å². The smallest absolute Gasteiger partial charge is 0.275 e. The van der Waals surface area contributed by atoms with Crippen molar-refractivity contribution < 1.29 is 4.79 Å². The normalized spacial score (nSPS) is 10.5. The largest absolute Gasteiger partial charge is 0.347 e. The molecule has 0 unspecified atom stereocenters. The summed E-state index contributed by atoms with van der Waals surface area (Å²) in [5.41, 5.74) is 2.74. The lowest BCUT2D eigenvalue weighted by atomic mass is 10.2. The van der Waals surface area contributed by atoms with Gasteiger partial charge in [0.2, 0.25) is 5.95 Å². The number of aromatic nitrogens is 5. The average Bonchev–Trinajstić information content (AvgIpc) is 3.03. The molecule has 24 heavy (non-hydrogen) atoms. The Hall–Kier alpha value is -3.29. The van der Waals surface area contributed by atoms with Gasteiger partial charge in [-0.1, -0.05) is 0 Å². The molecule has 0 spiro atoms. The highest BCUT2D eigenvalue weighted by Gasteiger charge is 2.13. The number of nitrogens with zero attached hydrogens (tertiary/aromatic N) is 5. The maximum absolute atomic E-state index is 12.4. The summed E-state index contributed by atoms with van der Waals surface area (Å²) in [7, 11) is 3.65. The number of amides is 1. The topological polar surface area (TPSA) is 99.7 Å². The first-order chi connectivity index (χ1) is 11.5. The van der Waals surface area contributed by atoms with Crippen molar-refractivity contribution in [2.75, 3.05) is 24.3 Å². The van der Waals surface area contributed by atoms with E-state index >= 15 is 0 Å². The number of H-pyrrole nitrogens is 1. The SMILES string of the molecule is Cc1cc(C(=O)Nc2cc(-c3ccncc3)[nH]n2)nc(N(C)C)n1. The Morgan fingerprint density at radius 3 is 2.62 bits per heavy atom. The quantitative estimate of drug-likeness (QED) is 0.760. The minimum Gasteiger partial charge on any atom is -0.347 e. The molecule has 8 heteroatoms. The van der Waals surface area contributed by atoms with Crippen LogP contribution >= 0.6 is 0 Å². The predicted octanol–water partition coefficient (Wildman–Crippen LogP) is 1.89. The Bertz CT molecular complexity index is 858. The summed E-state index contributed by atoms with van der Waals surface area (Å²) in [5.74, 6) is 0.575. The minimum atomic E-state index is -0.337. The molecule has 3 heterocycles. The van der Waals surface area contributed by atoms with E-state index in [1.807, 2.05) is 33.2 Å². The number of pyridine rings is 1. The molecular formula is C16H17N7O. The number of hydrogen-bond acceptors (Lipinski definition) is 6. The zero-order valence-electron chi connectivity index (χ0n) is 13.6. The van der Waals surface area contributed by atoms with Crippen molar-refractivity contribution in [1.82, 2.24) is 25.1 Å². The average molecular weight is 323 g/mol. The van der Waals surface area contributed by atoms with Crippen molar-refractivity contribution in [3.63, 3.8) is 0 Å². The fourth-order valence-electron chi connectivity index (χ4n) is 2.11. The first-order valence-electron chi connectivity index (χ1n) is 7.33. The van der Waals surface area contributed by atoms with Crippen LogP contribution in [0.1, 0.15) is 16.2 Å². The van der Waals surface area contributed by atoms with Gasteiger partial charge in [-0.15, -0.1) is 0 Å². The molecule has 0 aliphatic rings. The molecule has 0 saturated carbocycles. The number of carbonyl (C=O) groups is 1. The van der Waals surface area contributed by atoms with E-state index in [2.05, 4.69) is 30.5 Å². The molecule has 8 nitrogen and oxygen atoms in total. The van der Waals surface area contributed by atoms with E-state index in [-0.39, 0.29) is 5.91 Å². The van der Waals surface area contributed by atoms with Gasteiger partial charge >= 0.3 is 0 Å². The monoisotopic (exact) mass is 323 g/mol. The lowest BCUT2D eigenvalue weighted by Crippen LogP contribution is -2.19. The van der Waals surface area contributed by atoms with Crippen molar-refractivity contribution in [2.24, 2.45) is 0 Å². The molecule has 122 valence electrons. The van der Waals surface area contributed by atoms with Crippen LogP contribution in [-0.4, -0.2) is 45.2 Å². The van der Waals surface area contributed by atoms with Crippen LogP contribution in [0.5, 0.6) is 0 Å². The number of aryl methyl sites for hydroxylation is 1. The van der Waals surface area contributed by atoms with Gasteiger partial charge < -0.3 is 10.2 Å². The van der Waals surface area contributed by atoms with Crippen molar-refractivity contribution in [3.05, 3.63) is 48.0 Å². The van der Waals surface area contributed by atoms with E-state index in [9.17, 15) is 4.79 Å². The Morgan fingerprint density at radius 2 is 1.92 bits per heavy atom. The van der Waals surface area contributed by atoms with Crippen LogP contribution in [0.25, 0.3) is 11.3 Å². The highest BCUT2D eigenvalue weighted by molar-refractivity contribution is 6.02. The van der Waals surface area contributed by atoms with Gasteiger partial charge in [0.05, 0.1) is 5.69 Å². The fourth-order valence-corrected chi connectivity index (χ4v) is 2.11. The zero-order valence-corrected chi connectivity index (χ0v) is 13.6. The maximum Gasteiger partial charge on any atom is 0.275 e. The third kappa shape index (κ3) is 3.37. The summed E-state index contributed by atoms with van der Waals surface area (Å²) in [4.78, 5) is 26.7. The van der Waals surface area contributed by atoms with Crippen molar-refractivity contribution in [1.29, 1.82) is 0 Å². The summed E-state index contributed by atoms with van der Waals surface area (Å²) in [6.07, 6.45) is 3.39. The number of nitrogens with one attached hydrogen (secondary N) is 2. The Morgan fingerprint density at radius 1 is 1.17 bits per heavy atom. The molecular weight excluding hydrogens is 306 g/mol. The summed E-state index contributed by atoms with van der Waals surface area (Å²) >= 11 is 0. The fraction of sp³-hybridized carbons (Fsp3) is 0.188. The van der Waals surface area contributed by atoms with E-state index in [1.54, 1.807) is 29.4 Å². The molecule has 0 bridgehead atoms. The van der Waals surface area contributed by atoms with E-state index in [4.69, 9.17) is 0 Å². The van der Waals surface area contributed by atoms with Crippen LogP contribution in [0.4, 0.5) is 11.8 Å². The molecule has 0 atom stereocenters. The van der Waals surface area contributed by atoms with Crippen LogP contribution in [-0.2, 0) is 0 Å². The Labute approximate surface area is 139 Å². The third-order valence-electron chi connectivity index (χ3n) is 3.29. The zero-order chi connectivity index (χ0) is 17.1. The molecule has 0 radical (unpaired) electrons. The summed E-state index contributed by atoms with van der Waals surface area (Å²) in [6, 6.07) is 7.11. The second kappa shape index (κ2) is 6.45. The Balaban J connectivity index is 1.80. The molecule has 3 aromatic heterocycles. The van der Waals surface area contributed by atoms with Gasteiger partial charge in [-0.05, 0) is 25.1 Å². The first kappa shape index (κ1) is 15.6. The highest BCUT2D eigenvalue weighted by Crippen LogP contribution is 2.19. The van der Waals surface area contributed by atoms with Crippen molar-refractivity contribution in [3.8, 4) is 11.3 Å². The standard InChI is InChI=1S/C16H17N7O/c1-10-8-13(19-16(18-10)23(2)3)15(24)20-14-9-12(21-22-14)11-4-6-17-7-5-11/h4-9H,1-3H3,(H2,20,21,22,24). The van der Waals surface area contributed by atoms with E-state index < -0.39 is 0 Å². The summed E-state index contributed by atoms with van der Waals surface area (Å²) in [6.45, 7) is 1.82. The molecule has 0 aromatic carbocycles. The molecule has 0 aliphatic carbocycles. The van der Waals surface area contributed by atoms with E-state index in [1.165, 1.54) is 0 Å². The molecule has 2 N–H and O–H groups in total. The van der Waals surface area contributed by atoms with Gasteiger partial charge in [0.25, 0.3) is 5.91 Å². The Kier molecular flexibility index (Phi) is 4.19. The lowest BCUT2D eigenvalue weighted by Gasteiger charge is -2.11. The van der Waals surface area contributed by atoms with E-state index in [0.29, 0.717) is 17.5 Å². The van der Waals surface area contributed by atoms with Gasteiger partial charge in [0.1, 0.15) is 5.69 Å². The summed E-state index contributed by atoms with van der Waals surface area (Å²) < 4.78 is 0. The molecule has 3 rings (SSSR count). The highest BCUT2D eigenvalue weighted by atomic mass is 16.2. The van der Waals surface area contributed by atoms with Crippen LogP contribution < -0.4 is 10.2 Å². The number of hydrogen-bond donors (Lipinski definition) is 2. The van der Waals surface area contributed by atoms with Crippen LogP contribution in [0, 0.1) is 6.92 Å². The van der Waals surface area contributed by atoms with Gasteiger partial charge in [-0.25, -0.2) is 9.97 Å². The lowest BCUT2D eigenvalue weighted by molar-refractivity contribution is 0.102. The van der Waals surface area contributed by atoms with Crippen LogP contribution in [0.2, 0.25) is 0 Å². The van der Waals surface area contributed by atoms with E-state index in [0.717, 1.165) is 17.0 Å². The van der Waals surface area contributed by atoms with Gasteiger partial charge in [-0.2, -0.15) is 5.10 Å². The maximum atomic E-state index is 12.4. The second-order valence-electron chi connectivity index (χ2n) is 5.45. The number of carbonyl (C=O) groups excluding carboxylic acids is 1. The number of anilines is 2. The molecule has 0 fully saturated rings. The molecule has 3 aromatic rings. The molecule has 0 saturated heterocycles. The predicted molar refractivity (Wildman–Crippen MR) is 90.9 cm³/mol.